The Kier molecular flexibility index (Phi) is 11.4. The van der Waals surface area contributed by atoms with Gasteiger partial charge in [0.05, 0.1) is 0 Å². The van der Waals surface area contributed by atoms with Crippen molar-refractivity contribution in [3.63, 3.8) is 0 Å². The lowest BCUT2D eigenvalue weighted by Crippen LogP contribution is -2.40. The molecule has 1 fully saturated rings. The Morgan fingerprint density at radius 3 is 2.47 bits per heavy atom. The number of carboxylic acid groups (broad SMARTS) is 1. The zero-order chi connectivity index (χ0) is 12.9. The Bertz CT molecular complexity index is 173. The second-order valence-electron chi connectivity index (χ2n) is 4.54. The average Bonchev–Trinajstić information content (AvgIpc) is 2.36. The number of carbonyl (C=O) groups is 1. The highest BCUT2D eigenvalue weighted by molar-refractivity contribution is 5.32. The lowest BCUT2D eigenvalue weighted by Gasteiger charge is -2.24. The Morgan fingerprint density at radius 2 is 1.94 bits per heavy atom. The molecule has 102 valence electrons. The predicted octanol–water partition coefficient (Wildman–Crippen LogP) is 0.676. The summed E-state index contributed by atoms with van der Waals surface area (Å²) in [4.78, 5) is 8.36. The van der Waals surface area contributed by atoms with Crippen LogP contribution in [0.3, 0.4) is 0 Å². The maximum absolute atomic E-state index is 8.36. The van der Waals surface area contributed by atoms with Gasteiger partial charge in [-0.05, 0) is 32.2 Å². The van der Waals surface area contributed by atoms with E-state index in [0.29, 0.717) is 6.04 Å². The van der Waals surface area contributed by atoms with Gasteiger partial charge in [0.1, 0.15) is 0 Å². The van der Waals surface area contributed by atoms with E-state index in [4.69, 9.17) is 21.4 Å². The predicted molar refractivity (Wildman–Crippen MR) is 69.8 cm³/mol. The molecule has 0 amide bonds. The summed E-state index contributed by atoms with van der Waals surface area (Å²) in [5, 5.41) is 10.5. The molecule has 1 aliphatic rings. The summed E-state index contributed by atoms with van der Waals surface area (Å²) in [6.07, 6.45) is 8.96. The maximum atomic E-state index is 8.36. The number of rotatable bonds is 6. The molecule has 0 aliphatic heterocycles. The van der Waals surface area contributed by atoms with E-state index in [1.54, 1.807) is 0 Å². The van der Waals surface area contributed by atoms with E-state index >= 15 is 0 Å². The van der Waals surface area contributed by atoms with Gasteiger partial charge in [0.25, 0.3) is 6.47 Å². The standard InChI is InChI=1S/C11H25N3.CH2O2/c12-8-4-5-10(13)9-14-11-6-2-1-3-7-11;2-1-3/h10-11,14H,1-9,12-13H2;1H,(H,2,3). The zero-order valence-corrected chi connectivity index (χ0v) is 10.6. The van der Waals surface area contributed by atoms with Crippen LogP contribution in [0.15, 0.2) is 0 Å². The van der Waals surface area contributed by atoms with Gasteiger partial charge in [0, 0.05) is 18.6 Å². The smallest absolute Gasteiger partial charge is 0.290 e. The van der Waals surface area contributed by atoms with Crippen LogP contribution < -0.4 is 16.8 Å². The van der Waals surface area contributed by atoms with Gasteiger partial charge >= 0.3 is 0 Å². The average molecular weight is 245 g/mol. The first-order valence-electron chi connectivity index (χ1n) is 6.51. The van der Waals surface area contributed by atoms with E-state index in [0.717, 1.165) is 32.0 Å². The molecule has 0 radical (unpaired) electrons. The van der Waals surface area contributed by atoms with E-state index in [9.17, 15) is 0 Å². The van der Waals surface area contributed by atoms with Crippen LogP contribution in [0.25, 0.3) is 0 Å². The molecular weight excluding hydrogens is 218 g/mol. The van der Waals surface area contributed by atoms with Crippen molar-refractivity contribution in [1.82, 2.24) is 5.32 Å². The SMILES string of the molecule is NCCCC(N)CNC1CCCCC1.O=CO. The molecule has 0 aromatic carbocycles. The minimum atomic E-state index is -0.250. The molecule has 1 atom stereocenters. The molecule has 5 nitrogen and oxygen atoms in total. The number of hydrogen-bond donors (Lipinski definition) is 4. The van der Waals surface area contributed by atoms with Crippen LogP contribution in [0.4, 0.5) is 0 Å². The summed E-state index contributed by atoms with van der Waals surface area (Å²) in [6.45, 7) is 1.47. The van der Waals surface area contributed by atoms with Crippen LogP contribution in [0.1, 0.15) is 44.9 Å². The van der Waals surface area contributed by atoms with Crippen LogP contribution >= 0.6 is 0 Å². The molecular formula is C12H27N3O2. The normalized spacial score (nSPS) is 18.0. The molecule has 1 unspecified atom stereocenters. The minimum absolute atomic E-state index is 0.250. The highest BCUT2D eigenvalue weighted by Gasteiger charge is 2.13. The Morgan fingerprint density at radius 1 is 1.35 bits per heavy atom. The molecule has 0 saturated heterocycles. The van der Waals surface area contributed by atoms with Gasteiger partial charge < -0.3 is 21.9 Å². The summed E-state index contributed by atoms with van der Waals surface area (Å²) < 4.78 is 0. The van der Waals surface area contributed by atoms with E-state index < -0.39 is 0 Å². The highest BCUT2D eigenvalue weighted by atomic mass is 16.3. The summed E-state index contributed by atoms with van der Waals surface area (Å²) in [7, 11) is 0. The fraction of sp³-hybridized carbons (Fsp3) is 0.917. The monoisotopic (exact) mass is 245 g/mol. The van der Waals surface area contributed by atoms with Crippen LogP contribution in [-0.2, 0) is 4.79 Å². The molecule has 1 rings (SSSR count). The Labute approximate surface area is 104 Å². The third kappa shape index (κ3) is 10.2. The van der Waals surface area contributed by atoms with Crippen molar-refractivity contribution in [2.75, 3.05) is 13.1 Å². The van der Waals surface area contributed by atoms with E-state index in [1.165, 1.54) is 32.1 Å². The van der Waals surface area contributed by atoms with Crippen molar-refractivity contribution < 1.29 is 9.90 Å². The number of nitrogens with one attached hydrogen (secondary N) is 1. The molecule has 6 N–H and O–H groups in total. The van der Waals surface area contributed by atoms with Crippen molar-refractivity contribution >= 4 is 6.47 Å². The first-order valence-corrected chi connectivity index (χ1v) is 6.51. The van der Waals surface area contributed by atoms with Crippen LogP contribution in [0, 0.1) is 0 Å². The van der Waals surface area contributed by atoms with E-state index in [2.05, 4.69) is 5.32 Å². The first kappa shape index (κ1) is 16.4. The topological polar surface area (TPSA) is 101 Å². The van der Waals surface area contributed by atoms with Gasteiger partial charge in [0.15, 0.2) is 0 Å². The quantitative estimate of drug-likeness (QED) is 0.515. The van der Waals surface area contributed by atoms with Gasteiger partial charge in [-0.1, -0.05) is 19.3 Å². The van der Waals surface area contributed by atoms with Crippen molar-refractivity contribution in [1.29, 1.82) is 0 Å². The van der Waals surface area contributed by atoms with Gasteiger partial charge in [0.2, 0.25) is 0 Å². The van der Waals surface area contributed by atoms with Crippen molar-refractivity contribution in [3.05, 3.63) is 0 Å². The third-order valence-electron chi connectivity index (χ3n) is 3.05. The molecule has 1 saturated carbocycles. The lowest BCUT2D eigenvalue weighted by atomic mass is 9.95. The lowest BCUT2D eigenvalue weighted by molar-refractivity contribution is -0.122. The highest BCUT2D eigenvalue weighted by Crippen LogP contribution is 2.17. The minimum Gasteiger partial charge on any atom is -0.483 e. The second-order valence-corrected chi connectivity index (χ2v) is 4.54. The molecule has 0 heterocycles. The second kappa shape index (κ2) is 11.8. The van der Waals surface area contributed by atoms with Gasteiger partial charge in [-0.15, -0.1) is 0 Å². The summed E-state index contributed by atoms with van der Waals surface area (Å²) in [6, 6.07) is 1.02. The molecule has 0 aromatic rings. The van der Waals surface area contributed by atoms with Crippen molar-refractivity contribution in [2.24, 2.45) is 11.5 Å². The van der Waals surface area contributed by atoms with Gasteiger partial charge in [-0.2, -0.15) is 0 Å². The fourth-order valence-corrected chi connectivity index (χ4v) is 2.11. The first-order chi connectivity index (χ1) is 8.24. The number of nitrogens with two attached hydrogens (primary N) is 2. The van der Waals surface area contributed by atoms with Crippen LogP contribution in [-0.4, -0.2) is 36.8 Å². The van der Waals surface area contributed by atoms with E-state index in [1.807, 2.05) is 0 Å². The fourth-order valence-electron chi connectivity index (χ4n) is 2.11. The maximum Gasteiger partial charge on any atom is 0.290 e. The molecule has 0 spiro atoms. The van der Waals surface area contributed by atoms with Crippen LogP contribution in [0.2, 0.25) is 0 Å². The Balaban J connectivity index is 0.000000770. The van der Waals surface area contributed by atoms with Crippen molar-refractivity contribution in [3.8, 4) is 0 Å². The molecule has 17 heavy (non-hydrogen) atoms. The summed E-state index contributed by atoms with van der Waals surface area (Å²) in [5.41, 5.74) is 11.4. The van der Waals surface area contributed by atoms with Gasteiger partial charge in [-0.25, -0.2) is 0 Å². The third-order valence-corrected chi connectivity index (χ3v) is 3.05. The largest absolute Gasteiger partial charge is 0.483 e. The molecule has 5 heteroatoms. The summed E-state index contributed by atoms with van der Waals surface area (Å²) >= 11 is 0. The molecule has 0 aromatic heterocycles. The molecule has 0 bridgehead atoms. The number of hydrogen-bond acceptors (Lipinski definition) is 4. The molecule has 1 aliphatic carbocycles. The van der Waals surface area contributed by atoms with Gasteiger partial charge in [-0.3, -0.25) is 4.79 Å². The van der Waals surface area contributed by atoms with E-state index in [-0.39, 0.29) is 6.47 Å². The van der Waals surface area contributed by atoms with Crippen LogP contribution in [0.5, 0.6) is 0 Å². The summed E-state index contributed by atoms with van der Waals surface area (Å²) in [5.74, 6) is 0. The Hall–Kier alpha value is -0.650. The zero-order valence-electron chi connectivity index (χ0n) is 10.6. The van der Waals surface area contributed by atoms with Crippen molar-refractivity contribution in [2.45, 2.75) is 57.0 Å².